The van der Waals surface area contributed by atoms with E-state index in [0.29, 0.717) is 12.3 Å². The second-order valence-corrected chi connectivity index (χ2v) is 6.12. The largest absolute Gasteiger partial charge is 0.394 e. The second kappa shape index (κ2) is 7.46. The number of hydrogen-bond donors (Lipinski definition) is 2. The number of likely N-dealkylation sites (tertiary alicyclic amines) is 1. The van der Waals surface area contributed by atoms with Crippen molar-refractivity contribution in [1.82, 2.24) is 10.2 Å². The van der Waals surface area contributed by atoms with Crippen LogP contribution in [0, 0.1) is 0 Å². The Morgan fingerprint density at radius 3 is 2.38 bits per heavy atom. The third-order valence-electron chi connectivity index (χ3n) is 4.07. The maximum absolute atomic E-state index is 12.1. The molecular formula is C17H26N2O2. The van der Waals surface area contributed by atoms with Crippen molar-refractivity contribution in [3.05, 3.63) is 35.4 Å². The molecule has 2 rings (SSSR count). The van der Waals surface area contributed by atoms with Crippen molar-refractivity contribution in [2.45, 2.75) is 45.1 Å². The summed E-state index contributed by atoms with van der Waals surface area (Å²) in [4.78, 5) is 13.9. The van der Waals surface area contributed by atoms with Crippen molar-refractivity contribution in [2.24, 2.45) is 0 Å². The lowest BCUT2D eigenvalue weighted by atomic mass is 9.99. The number of urea groups is 1. The first-order valence-electron chi connectivity index (χ1n) is 7.85. The molecule has 0 saturated carbocycles. The number of carbonyl (C=O) groups is 1. The van der Waals surface area contributed by atoms with Crippen LogP contribution in [-0.2, 0) is 6.42 Å². The molecule has 1 aromatic carbocycles. The number of benzene rings is 1. The van der Waals surface area contributed by atoms with Gasteiger partial charge in [0.25, 0.3) is 0 Å². The predicted molar refractivity (Wildman–Crippen MR) is 84.4 cm³/mol. The van der Waals surface area contributed by atoms with E-state index in [1.165, 1.54) is 5.56 Å². The summed E-state index contributed by atoms with van der Waals surface area (Å²) in [5.74, 6) is 0.516. The summed E-state index contributed by atoms with van der Waals surface area (Å²) in [6.07, 6.45) is 2.82. The topological polar surface area (TPSA) is 52.6 Å². The summed E-state index contributed by atoms with van der Waals surface area (Å²) in [5, 5.41) is 12.4. The van der Waals surface area contributed by atoms with E-state index in [4.69, 9.17) is 0 Å². The molecule has 0 aromatic heterocycles. The Hall–Kier alpha value is -1.55. The van der Waals surface area contributed by atoms with Gasteiger partial charge in [0.15, 0.2) is 0 Å². The van der Waals surface area contributed by atoms with Crippen LogP contribution >= 0.6 is 0 Å². The van der Waals surface area contributed by atoms with Gasteiger partial charge in [0.2, 0.25) is 0 Å². The summed E-state index contributed by atoms with van der Waals surface area (Å²) in [7, 11) is 0. The summed E-state index contributed by atoms with van der Waals surface area (Å²) >= 11 is 0. The van der Waals surface area contributed by atoms with Gasteiger partial charge in [0.05, 0.1) is 12.6 Å². The lowest BCUT2D eigenvalue weighted by molar-refractivity contribution is 0.190. The first-order valence-corrected chi connectivity index (χ1v) is 7.85. The van der Waals surface area contributed by atoms with E-state index in [1.54, 1.807) is 0 Å². The van der Waals surface area contributed by atoms with Gasteiger partial charge < -0.3 is 15.3 Å². The Morgan fingerprint density at radius 1 is 1.24 bits per heavy atom. The second-order valence-electron chi connectivity index (χ2n) is 6.12. The van der Waals surface area contributed by atoms with Crippen molar-refractivity contribution < 1.29 is 9.90 Å². The number of rotatable bonds is 5. The molecule has 1 aliphatic heterocycles. The molecule has 1 aromatic rings. The standard InChI is InChI=1S/C17H26N2O2/c1-13(2)15-7-5-14(6-8-15)11-16(12-20)18-17(21)19-9-3-4-10-19/h5-8,13,16,20H,3-4,9-12H2,1-2H3,(H,18,21). The van der Waals surface area contributed by atoms with Crippen LogP contribution in [0.1, 0.15) is 43.7 Å². The molecule has 4 nitrogen and oxygen atoms in total. The number of aliphatic hydroxyl groups is 1. The van der Waals surface area contributed by atoms with E-state index < -0.39 is 0 Å². The van der Waals surface area contributed by atoms with E-state index in [0.717, 1.165) is 31.5 Å². The molecule has 0 aliphatic carbocycles. The number of amides is 2. The summed E-state index contributed by atoms with van der Waals surface area (Å²) in [5.41, 5.74) is 2.44. The van der Waals surface area contributed by atoms with E-state index in [2.05, 4.69) is 43.4 Å². The number of hydrogen-bond acceptors (Lipinski definition) is 2. The Balaban J connectivity index is 1.90. The van der Waals surface area contributed by atoms with Gasteiger partial charge in [-0.2, -0.15) is 0 Å². The minimum Gasteiger partial charge on any atom is -0.394 e. The Bertz CT molecular complexity index is 450. The SMILES string of the molecule is CC(C)c1ccc(CC(CO)NC(=O)N2CCCC2)cc1. The fourth-order valence-electron chi connectivity index (χ4n) is 2.67. The molecule has 116 valence electrons. The van der Waals surface area contributed by atoms with Gasteiger partial charge >= 0.3 is 6.03 Å². The molecule has 0 radical (unpaired) electrons. The maximum Gasteiger partial charge on any atom is 0.317 e. The normalized spacial score (nSPS) is 16.3. The third kappa shape index (κ3) is 4.46. The molecule has 1 atom stereocenters. The fourth-order valence-corrected chi connectivity index (χ4v) is 2.67. The maximum atomic E-state index is 12.1. The zero-order chi connectivity index (χ0) is 15.2. The molecule has 1 unspecified atom stereocenters. The smallest absolute Gasteiger partial charge is 0.317 e. The van der Waals surface area contributed by atoms with Crippen molar-refractivity contribution in [1.29, 1.82) is 0 Å². The average molecular weight is 290 g/mol. The van der Waals surface area contributed by atoms with Crippen LogP contribution in [0.2, 0.25) is 0 Å². The summed E-state index contributed by atoms with van der Waals surface area (Å²) in [6, 6.07) is 8.14. The first kappa shape index (κ1) is 15.8. The van der Waals surface area contributed by atoms with Crippen molar-refractivity contribution in [3.8, 4) is 0 Å². The number of aliphatic hydroxyl groups excluding tert-OH is 1. The van der Waals surface area contributed by atoms with E-state index in [-0.39, 0.29) is 18.7 Å². The first-order chi connectivity index (χ1) is 10.1. The minimum absolute atomic E-state index is 0.0362. The molecule has 0 bridgehead atoms. The van der Waals surface area contributed by atoms with Gasteiger partial charge in [-0.15, -0.1) is 0 Å². The van der Waals surface area contributed by atoms with E-state index in [1.807, 2.05) is 4.90 Å². The molecule has 1 saturated heterocycles. The molecule has 4 heteroatoms. The van der Waals surface area contributed by atoms with Crippen LogP contribution in [0.25, 0.3) is 0 Å². The minimum atomic E-state index is -0.219. The van der Waals surface area contributed by atoms with Crippen LogP contribution in [0.3, 0.4) is 0 Å². The molecule has 1 aliphatic rings. The summed E-state index contributed by atoms with van der Waals surface area (Å²) in [6.45, 7) is 5.95. The van der Waals surface area contributed by atoms with Gasteiger partial charge in [-0.3, -0.25) is 0 Å². The van der Waals surface area contributed by atoms with Gasteiger partial charge in [-0.25, -0.2) is 4.79 Å². The van der Waals surface area contributed by atoms with Crippen LogP contribution < -0.4 is 5.32 Å². The highest BCUT2D eigenvalue weighted by Gasteiger charge is 2.20. The molecule has 1 heterocycles. The fraction of sp³-hybridized carbons (Fsp3) is 0.588. The van der Waals surface area contributed by atoms with Gasteiger partial charge in [0, 0.05) is 13.1 Å². The Labute approximate surface area is 127 Å². The van der Waals surface area contributed by atoms with Crippen molar-refractivity contribution in [3.63, 3.8) is 0 Å². The van der Waals surface area contributed by atoms with E-state index >= 15 is 0 Å². The highest BCUT2D eigenvalue weighted by atomic mass is 16.3. The molecule has 2 amide bonds. The third-order valence-corrected chi connectivity index (χ3v) is 4.07. The number of carbonyl (C=O) groups excluding carboxylic acids is 1. The Morgan fingerprint density at radius 2 is 1.86 bits per heavy atom. The number of nitrogens with zero attached hydrogens (tertiary/aromatic N) is 1. The molecular weight excluding hydrogens is 264 g/mol. The van der Waals surface area contributed by atoms with Crippen molar-refractivity contribution in [2.75, 3.05) is 19.7 Å². The lowest BCUT2D eigenvalue weighted by Crippen LogP contribution is -2.46. The van der Waals surface area contributed by atoms with Crippen LogP contribution in [0.4, 0.5) is 4.79 Å². The highest BCUT2D eigenvalue weighted by molar-refractivity contribution is 5.74. The summed E-state index contributed by atoms with van der Waals surface area (Å²) < 4.78 is 0. The predicted octanol–water partition coefficient (Wildman–Crippen LogP) is 2.52. The number of nitrogens with one attached hydrogen (secondary N) is 1. The van der Waals surface area contributed by atoms with Gasteiger partial charge in [0.1, 0.15) is 0 Å². The monoisotopic (exact) mass is 290 g/mol. The molecule has 2 N–H and O–H groups in total. The lowest BCUT2D eigenvalue weighted by Gasteiger charge is -2.22. The van der Waals surface area contributed by atoms with Crippen LogP contribution in [0.15, 0.2) is 24.3 Å². The van der Waals surface area contributed by atoms with Gasteiger partial charge in [-0.1, -0.05) is 38.1 Å². The van der Waals surface area contributed by atoms with Crippen LogP contribution in [0.5, 0.6) is 0 Å². The highest BCUT2D eigenvalue weighted by Crippen LogP contribution is 2.15. The van der Waals surface area contributed by atoms with Crippen molar-refractivity contribution >= 4 is 6.03 Å². The van der Waals surface area contributed by atoms with Gasteiger partial charge in [-0.05, 0) is 36.3 Å². The van der Waals surface area contributed by atoms with E-state index in [9.17, 15) is 9.90 Å². The molecule has 1 fully saturated rings. The quantitative estimate of drug-likeness (QED) is 0.875. The molecule has 21 heavy (non-hydrogen) atoms. The average Bonchev–Trinajstić information content (AvgIpc) is 3.01. The Kier molecular flexibility index (Phi) is 5.62. The van der Waals surface area contributed by atoms with Crippen LogP contribution in [-0.4, -0.2) is 41.8 Å². The zero-order valence-corrected chi connectivity index (χ0v) is 13.0. The molecule has 0 spiro atoms. The zero-order valence-electron chi connectivity index (χ0n) is 13.0.